The highest BCUT2D eigenvalue weighted by molar-refractivity contribution is 7.98. The van der Waals surface area contributed by atoms with Crippen LogP contribution in [-0.2, 0) is 0 Å². The van der Waals surface area contributed by atoms with Gasteiger partial charge in [-0.3, -0.25) is 0 Å². The van der Waals surface area contributed by atoms with E-state index in [0.29, 0.717) is 0 Å². The van der Waals surface area contributed by atoms with Gasteiger partial charge in [0, 0.05) is 10.9 Å². The lowest BCUT2D eigenvalue weighted by Gasteiger charge is -2.07. The predicted octanol–water partition coefficient (Wildman–Crippen LogP) is 3.22. The Morgan fingerprint density at radius 3 is 3.00 bits per heavy atom. The molecule has 0 aliphatic rings. The van der Waals surface area contributed by atoms with Gasteiger partial charge in [0.25, 0.3) is 0 Å². The fourth-order valence-electron chi connectivity index (χ4n) is 1.64. The summed E-state index contributed by atoms with van der Waals surface area (Å²) in [6, 6.07) is 7.79. The summed E-state index contributed by atoms with van der Waals surface area (Å²) in [6.45, 7) is 0. The molecule has 2 nitrogen and oxygen atoms in total. The Hall–Kier alpha value is -0.930. The van der Waals surface area contributed by atoms with Crippen LogP contribution in [0.4, 0.5) is 0 Å². The van der Waals surface area contributed by atoms with Crippen molar-refractivity contribution >= 4 is 22.7 Å². The van der Waals surface area contributed by atoms with Gasteiger partial charge >= 0.3 is 0 Å². The molecule has 15 heavy (non-hydrogen) atoms. The van der Waals surface area contributed by atoms with Gasteiger partial charge in [0.15, 0.2) is 0 Å². The molecule has 0 aliphatic carbocycles. The van der Waals surface area contributed by atoms with Gasteiger partial charge in [0.05, 0.1) is 12.4 Å². The first-order valence-corrected chi connectivity index (χ1v) is 6.35. The molecular weight excluding hydrogens is 208 g/mol. The molecular formula is C12H14O2S. The number of para-hydroxylation sites is 1. The minimum atomic E-state index is -0.416. The number of hydrogen-bond donors (Lipinski definition) is 1. The second-order valence-corrected chi connectivity index (χ2v) is 4.47. The lowest BCUT2D eigenvalue weighted by molar-refractivity contribution is 0.175. The maximum absolute atomic E-state index is 9.97. The molecule has 1 aromatic heterocycles. The lowest BCUT2D eigenvalue weighted by Crippen LogP contribution is -1.97. The molecule has 0 saturated heterocycles. The highest BCUT2D eigenvalue weighted by Gasteiger charge is 2.13. The molecule has 1 heterocycles. The van der Waals surface area contributed by atoms with Crippen LogP contribution >= 0.6 is 11.8 Å². The van der Waals surface area contributed by atoms with Crippen LogP contribution in [0, 0.1) is 0 Å². The monoisotopic (exact) mass is 222 g/mol. The number of aliphatic hydroxyl groups is 1. The molecule has 3 heteroatoms. The van der Waals surface area contributed by atoms with Crippen LogP contribution in [0.5, 0.6) is 0 Å². The molecule has 0 spiro atoms. The predicted molar refractivity (Wildman–Crippen MR) is 64.2 cm³/mol. The molecule has 1 aromatic carbocycles. The third kappa shape index (κ3) is 2.19. The number of furan rings is 1. The summed E-state index contributed by atoms with van der Waals surface area (Å²) in [5, 5.41) is 11.0. The maximum Gasteiger partial charge on any atom is 0.134 e. The van der Waals surface area contributed by atoms with Crippen molar-refractivity contribution in [1.82, 2.24) is 0 Å². The van der Waals surface area contributed by atoms with Crippen LogP contribution < -0.4 is 0 Å². The van der Waals surface area contributed by atoms with Crippen molar-refractivity contribution < 1.29 is 9.52 Å². The summed E-state index contributed by atoms with van der Waals surface area (Å²) >= 11 is 1.74. The van der Waals surface area contributed by atoms with Crippen molar-refractivity contribution in [3.63, 3.8) is 0 Å². The van der Waals surface area contributed by atoms with Crippen LogP contribution in [0.2, 0.25) is 0 Å². The van der Waals surface area contributed by atoms with Crippen molar-refractivity contribution in [2.75, 3.05) is 12.0 Å². The summed E-state index contributed by atoms with van der Waals surface area (Å²) in [5.74, 6) is 0.959. The maximum atomic E-state index is 9.97. The van der Waals surface area contributed by atoms with Crippen molar-refractivity contribution in [2.24, 2.45) is 0 Å². The highest BCUT2D eigenvalue weighted by atomic mass is 32.2. The van der Waals surface area contributed by atoms with Gasteiger partial charge in [-0.05, 0) is 24.5 Å². The van der Waals surface area contributed by atoms with Crippen LogP contribution in [-0.4, -0.2) is 17.1 Å². The average molecular weight is 222 g/mol. The number of aliphatic hydroxyl groups excluding tert-OH is 1. The molecule has 1 atom stereocenters. The Balaban J connectivity index is 2.27. The summed E-state index contributed by atoms with van der Waals surface area (Å²) in [6.07, 6.45) is 4.06. The summed E-state index contributed by atoms with van der Waals surface area (Å²) in [7, 11) is 0. The van der Waals surface area contributed by atoms with Gasteiger partial charge in [0.1, 0.15) is 5.58 Å². The van der Waals surface area contributed by atoms with Crippen LogP contribution in [0.15, 0.2) is 34.9 Å². The van der Waals surface area contributed by atoms with E-state index in [1.807, 2.05) is 30.5 Å². The van der Waals surface area contributed by atoms with Gasteiger partial charge in [-0.1, -0.05) is 18.2 Å². The standard InChI is InChI=1S/C12H14O2S/c1-15-7-6-11(13)10-8-14-12-5-3-2-4-9(10)12/h2-5,8,11,13H,6-7H2,1H3. The Kier molecular flexibility index (Phi) is 3.34. The molecule has 80 valence electrons. The zero-order valence-electron chi connectivity index (χ0n) is 8.64. The molecule has 2 rings (SSSR count). The topological polar surface area (TPSA) is 33.4 Å². The van der Waals surface area contributed by atoms with E-state index in [4.69, 9.17) is 4.42 Å². The number of benzene rings is 1. The van der Waals surface area contributed by atoms with E-state index in [-0.39, 0.29) is 0 Å². The third-order valence-corrected chi connectivity index (χ3v) is 3.11. The van der Waals surface area contributed by atoms with Crippen molar-refractivity contribution in [2.45, 2.75) is 12.5 Å². The van der Waals surface area contributed by atoms with E-state index in [1.54, 1.807) is 18.0 Å². The second kappa shape index (κ2) is 4.73. The van der Waals surface area contributed by atoms with E-state index >= 15 is 0 Å². The molecule has 0 radical (unpaired) electrons. The van der Waals surface area contributed by atoms with E-state index in [9.17, 15) is 5.11 Å². The Bertz CT molecular complexity index is 436. The molecule has 0 amide bonds. The molecule has 1 N–H and O–H groups in total. The summed E-state index contributed by atoms with van der Waals surface area (Å²) < 4.78 is 5.38. The third-order valence-electron chi connectivity index (χ3n) is 2.47. The van der Waals surface area contributed by atoms with Crippen LogP contribution in [0.25, 0.3) is 11.0 Å². The first-order chi connectivity index (χ1) is 7.33. The van der Waals surface area contributed by atoms with Gasteiger partial charge in [-0.25, -0.2) is 0 Å². The molecule has 1 unspecified atom stereocenters. The Morgan fingerprint density at radius 1 is 1.40 bits per heavy atom. The van der Waals surface area contributed by atoms with Crippen LogP contribution in [0.3, 0.4) is 0 Å². The molecule has 0 aliphatic heterocycles. The number of thioether (sulfide) groups is 1. The lowest BCUT2D eigenvalue weighted by atomic mass is 10.1. The van der Waals surface area contributed by atoms with E-state index in [0.717, 1.165) is 28.7 Å². The largest absolute Gasteiger partial charge is 0.464 e. The average Bonchev–Trinajstić information content (AvgIpc) is 2.69. The summed E-state index contributed by atoms with van der Waals surface area (Å²) in [4.78, 5) is 0. The smallest absolute Gasteiger partial charge is 0.134 e. The van der Waals surface area contributed by atoms with Crippen molar-refractivity contribution in [3.8, 4) is 0 Å². The quantitative estimate of drug-likeness (QED) is 0.862. The molecule has 0 saturated carbocycles. The van der Waals surface area contributed by atoms with E-state index < -0.39 is 6.10 Å². The van der Waals surface area contributed by atoms with Crippen LogP contribution in [0.1, 0.15) is 18.1 Å². The fourth-order valence-corrected chi connectivity index (χ4v) is 2.10. The van der Waals surface area contributed by atoms with Gasteiger partial charge in [-0.2, -0.15) is 11.8 Å². The molecule has 2 aromatic rings. The Morgan fingerprint density at radius 2 is 2.20 bits per heavy atom. The van der Waals surface area contributed by atoms with Gasteiger partial charge < -0.3 is 9.52 Å². The summed E-state index contributed by atoms with van der Waals surface area (Å²) in [5.41, 5.74) is 1.75. The number of rotatable bonds is 4. The normalized spacial score (nSPS) is 13.2. The Labute approximate surface area is 93.3 Å². The minimum absolute atomic E-state index is 0.416. The zero-order chi connectivity index (χ0) is 10.7. The second-order valence-electron chi connectivity index (χ2n) is 3.48. The fraction of sp³-hybridized carbons (Fsp3) is 0.333. The first-order valence-electron chi connectivity index (χ1n) is 4.96. The first kappa shape index (κ1) is 10.6. The van der Waals surface area contributed by atoms with Crippen molar-refractivity contribution in [1.29, 1.82) is 0 Å². The molecule has 0 fully saturated rings. The SMILES string of the molecule is CSCCC(O)c1coc2ccccc12. The minimum Gasteiger partial charge on any atom is -0.464 e. The van der Waals surface area contributed by atoms with Crippen molar-refractivity contribution in [3.05, 3.63) is 36.1 Å². The van der Waals surface area contributed by atoms with E-state index in [1.165, 1.54) is 0 Å². The van der Waals surface area contributed by atoms with E-state index in [2.05, 4.69) is 0 Å². The van der Waals surface area contributed by atoms with Gasteiger partial charge in [-0.15, -0.1) is 0 Å². The highest BCUT2D eigenvalue weighted by Crippen LogP contribution is 2.28. The number of fused-ring (bicyclic) bond motifs is 1. The number of hydrogen-bond acceptors (Lipinski definition) is 3. The molecule has 0 bridgehead atoms. The zero-order valence-corrected chi connectivity index (χ0v) is 9.46. The van der Waals surface area contributed by atoms with Gasteiger partial charge in [0.2, 0.25) is 0 Å².